The van der Waals surface area contributed by atoms with Gasteiger partial charge < -0.3 is 9.64 Å². The SMILES string of the molecule is CCOC(=O)[C@H]1CCCN(C(=O)c2ccc(Cl)cc2Cl)C1. The van der Waals surface area contributed by atoms with Crippen LogP contribution >= 0.6 is 23.2 Å². The summed E-state index contributed by atoms with van der Waals surface area (Å²) in [5.41, 5.74) is 0.408. The van der Waals surface area contributed by atoms with Crippen LogP contribution in [-0.2, 0) is 9.53 Å². The average Bonchev–Trinajstić information content (AvgIpc) is 2.47. The van der Waals surface area contributed by atoms with E-state index < -0.39 is 0 Å². The smallest absolute Gasteiger partial charge is 0.310 e. The average molecular weight is 330 g/mol. The Morgan fingerprint density at radius 3 is 2.81 bits per heavy atom. The molecule has 1 aromatic rings. The zero-order valence-electron chi connectivity index (χ0n) is 11.8. The van der Waals surface area contributed by atoms with E-state index in [4.69, 9.17) is 27.9 Å². The van der Waals surface area contributed by atoms with Gasteiger partial charge in [0.05, 0.1) is 23.1 Å². The van der Waals surface area contributed by atoms with Gasteiger partial charge in [0.2, 0.25) is 0 Å². The molecule has 0 aliphatic carbocycles. The van der Waals surface area contributed by atoms with Gasteiger partial charge in [-0.25, -0.2) is 0 Å². The molecule has 0 spiro atoms. The van der Waals surface area contributed by atoms with Crippen LogP contribution in [0.2, 0.25) is 10.0 Å². The van der Waals surface area contributed by atoms with Gasteiger partial charge in [0.1, 0.15) is 0 Å². The Kier molecular flexibility index (Phi) is 5.48. The van der Waals surface area contributed by atoms with Crippen molar-refractivity contribution in [2.75, 3.05) is 19.7 Å². The maximum Gasteiger partial charge on any atom is 0.310 e. The lowest BCUT2D eigenvalue weighted by Gasteiger charge is -2.31. The lowest BCUT2D eigenvalue weighted by atomic mass is 9.97. The summed E-state index contributed by atoms with van der Waals surface area (Å²) in [5, 5.41) is 0.811. The molecule has 1 amide bonds. The number of hydrogen-bond donors (Lipinski definition) is 0. The molecule has 0 saturated carbocycles. The third-order valence-electron chi connectivity index (χ3n) is 3.49. The topological polar surface area (TPSA) is 46.6 Å². The summed E-state index contributed by atoms with van der Waals surface area (Å²) >= 11 is 11.9. The Balaban J connectivity index is 2.10. The lowest BCUT2D eigenvalue weighted by molar-refractivity contribution is -0.149. The van der Waals surface area contributed by atoms with Crippen LogP contribution < -0.4 is 0 Å². The van der Waals surface area contributed by atoms with E-state index in [-0.39, 0.29) is 17.8 Å². The quantitative estimate of drug-likeness (QED) is 0.798. The molecule has 0 N–H and O–H groups in total. The number of nitrogens with zero attached hydrogens (tertiary/aromatic N) is 1. The molecule has 1 atom stereocenters. The number of piperidine rings is 1. The first kappa shape index (κ1) is 16.1. The van der Waals surface area contributed by atoms with Crippen molar-refractivity contribution in [1.82, 2.24) is 4.90 Å². The molecule has 6 heteroatoms. The maximum atomic E-state index is 12.5. The van der Waals surface area contributed by atoms with Crippen LogP contribution in [0.5, 0.6) is 0 Å². The molecule has 1 aliphatic rings. The fourth-order valence-corrected chi connectivity index (χ4v) is 2.94. The fourth-order valence-electron chi connectivity index (χ4n) is 2.45. The molecule has 1 fully saturated rings. The summed E-state index contributed by atoms with van der Waals surface area (Å²) in [4.78, 5) is 26.0. The van der Waals surface area contributed by atoms with E-state index in [2.05, 4.69) is 0 Å². The molecule has 1 heterocycles. The van der Waals surface area contributed by atoms with Gasteiger partial charge >= 0.3 is 5.97 Å². The molecule has 1 saturated heterocycles. The lowest BCUT2D eigenvalue weighted by Crippen LogP contribution is -2.42. The highest BCUT2D eigenvalue weighted by Gasteiger charge is 2.30. The first-order valence-electron chi connectivity index (χ1n) is 6.94. The number of carbonyl (C=O) groups excluding carboxylic acids is 2. The standard InChI is InChI=1S/C15H17Cl2NO3/c1-2-21-15(20)10-4-3-7-18(9-10)14(19)12-6-5-11(16)8-13(12)17/h5-6,8,10H,2-4,7,9H2,1H3/t10-/m0/s1. The number of esters is 1. The molecule has 1 aromatic carbocycles. The Bertz CT molecular complexity index is 548. The Labute approximate surface area is 134 Å². The van der Waals surface area contributed by atoms with Crippen molar-refractivity contribution in [3.63, 3.8) is 0 Å². The molecule has 2 rings (SSSR count). The van der Waals surface area contributed by atoms with E-state index in [1.807, 2.05) is 0 Å². The van der Waals surface area contributed by atoms with Crippen LogP contribution in [0.15, 0.2) is 18.2 Å². The summed E-state index contributed by atoms with van der Waals surface area (Å²) in [6.45, 7) is 3.12. The predicted octanol–water partition coefficient (Wildman–Crippen LogP) is 3.41. The number of amides is 1. The van der Waals surface area contributed by atoms with Crippen LogP contribution in [0.25, 0.3) is 0 Å². The van der Waals surface area contributed by atoms with Crippen molar-refractivity contribution < 1.29 is 14.3 Å². The summed E-state index contributed by atoms with van der Waals surface area (Å²) in [6.07, 6.45) is 1.53. The van der Waals surface area contributed by atoms with Crippen LogP contribution in [0.1, 0.15) is 30.1 Å². The first-order chi connectivity index (χ1) is 10.0. The molecule has 0 aromatic heterocycles. The maximum absolute atomic E-state index is 12.5. The second-order valence-corrected chi connectivity index (χ2v) is 5.81. The normalized spacial score (nSPS) is 18.4. The summed E-state index contributed by atoms with van der Waals surface area (Å²) in [6, 6.07) is 4.79. The van der Waals surface area contributed by atoms with E-state index in [0.717, 1.165) is 12.8 Å². The van der Waals surface area contributed by atoms with Crippen molar-refractivity contribution in [2.45, 2.75) is 19.8 Å². The third kappa shape index (κ3) is 3.89. The van der Waals surface area contributed by atoms with Gasteiger partial charge in [-0.05, 0) is 38.0 Å². The minimum absolute atomic E-state index is 0.175. The Morgan fingerprint density at radius 2 is 2.14 bits per heavy atom. The van der Waals surface area contributed by atoms with Crippen LogP contribution in [0, 0.1) is 5.92 Å². The summed E-state index contributed by atoms with van der Waals surface area (Å²) in [5.74, 6) is -0.670. The van der Waals surface area contributed by atoms with Crippen molar-refractivity contribution >= 4 is 35.1 Å². The number of ether oxygens (including phenoxy) is 1. The molecule has 0 unspecified atom stereocenters. The monoisotopic (exact) mass is 329 g/mol. The Hall–Kier alpha value is -1.26. The van der Waals surface area contributed by atoms with Gasteiger partial charge in [-0.1, -0.05) is 23.2 Å². The van der Waals surface area contributed by atoms with E-state index in [1.165, 1.54) is 0 Å². The van der Waals surface area contributed by atoms with Crippen molar-refractivity contribution in [3.05, 3.63) is 33.8 Å². The predicted molar refractivity (Wildman–Crippen MR) is 81.7 cm³/mol. The van der Waals surface area contributed by atoms with Crippen molar-refractivity contribution in [2.24, 2.45) is 5.92 Å². The van der Waals surface area contributed by atoms with Crippen LogP contribution in [-0.4, -0.2) is 36.5 Å². The van der Waals surface area contributed by atoms with Gasteiger partial charge in [-0.2, -0.15) is 0 Å². The number of likely N-dealkylation sites (tertiary alicyclic amines) is 1. The van der Waals surface area contributed by atoms with Crippen LogP contribution in [0.4, 0.5) is 0 Å². The molecule has 114 valence electrons. The van der Waals surface area contributed by atoms with Gasteiger partial charge in [0.25, 0.3) is 5.91 Å². The minimum Gasteiger partial charge on any atom is -0.466 e. The third-order valence-corrected chi connectivity index (χ3v) is 4.04. The highest BCUT2D eigenvalue weighted by molar-refractivity contribution is 6.36. The van der Waals surface area contributed by atoms with E-state index >= 15 is 0 Å². The molecular formula is C15H17Cl2NO3. The highest BCUT2D eigenvalue weighted by atomic mass is 35.5. The molecule has 0 radical (unpaired) electrons. The van der Waals surface area contributed by atoms with E-state index in [9.17, 15) is 9.59 Å². The van der Waals surface area contributed by atoms with Gasteiger partial charge in [-0.15, -0.1) is 0 Å². The number of halogens is 2. The second kappa shape index (κ2) is 7.14. The largest absolute Gasteiger partial charge is 0.466 e. The number of carbonyl (C=O) groups is 2. The molecule has 0 bridgehead atoms. The number of rotatable bonds is 3. The zero-order chi connectivity index (χ0) is 15.4. The fraction of sp³-hybridized carbons (Fsp3) is 0.467. The summed E-state index contributed by atoms with van der Waals surface area (Å²) < 4.78 is 5.03. The van der Waals surface area contributed by atoms with Gasteiger partial charge in [0, 0.05) is 18.1 Å². The molecule has 4 nitrogen and oxygen atoms in total. The van der Waals surface area contributed by atoms with E-state index in [1.54, 1.807) is 30.0 Å². The first-order valence-corrected chi connectivity index (χ1v) is 7.69. The molecule has 1 aliphatic heterocycles. The highest BCUT2D eigenvalue weighted by Crippen LogP contribution is 2.25. The second-order valence-electron chi connectivity index (χ2n) is 4.97. The van der Waals surface area contributed by atoms with E-state index in [0.29, 0.717) is 35.3 Å². The molecule has 21 heavy (non-hydrogen) atoms. The number of hydrogen-bond acceptors (Lipinski definition) is 3. The zero-order valence-corrected chi connectivity index (χ0v) is 13.3. The number of benzene rings is 1. The summed E-state index contributed by atoms with van der Waals surface area (Å²) in [7, 11) is 0. The Morgan fingerprint density at radius 1 is 1.38 bits per heavy atom. The molecular weight excluding hydrogens is 313 g/mol. The minimum atomic E-state index is -0.256. The van der Waals surface area contributed by atoms with Crippen molar-refractivity contribution in [1.29, 1.82) is 0 Å². The van der Waals surface area contributed by atoms with Crippen LogP contribution in [0.3, 0.4) is 0 Å². The van der Waals surface area contributed by atoms with Crippen molar-refractivity contribution in [3.8, 4) is 0 Å². The van der Waals surface area contributed by atoms with Gasteiger partial charge in [0.15, 0.2) is 0 Å². The van der Waals surface area contributed by atoms with Gasteiger partial charge in [-0.3, -0.25) is 9.59 Å².